The summed E-state index contributed by atoms with van der Waals surface area (Å²) in [6.45, 7) is 0. The summed E-state index contributed by atoms with van der Waals surface area (Å²) >= 11 is 3.08. The van der Waals surface area contributed by atoms with Gasteiger partial charge in [-0.25, -0.2) is 0 Å². The smallest absolute Gasteiger partial charge is 0.302 e. The molecule has 0 amide bonds. The van der Waals surface area contributed by atoms with Crippen molar-refractivity contribution in [2.45, 2.75) is 6.42 Å². The first kappa shape index (κ1) is 10.7. The molecule has 0 aliphatic rings. The molecule has 4 heteroatoms. The van der Waals surface area contributed by atoms with Crippen LogP contribution in [-0.4, -0.2) is 4.57 Å². The number of fused-ring (bicyclic) bond motifs is 1. The van der Waals surface area contributed by atoms with E-state index in [1.54, 1.807) is 15.9 Å². The van der Waals surface area contributed by atoms with Crippen molar-refractivity contribution in [2.75, 3.05) is 0 Å². The Labute approximate surface area is 107 Å². The molecule has 3 rings (SSSR count). The van der Waals surface area contributed by atoms with Crippen LogP contribution in [0.25, 0.3) is 10.2 Å². The SMILES string of the molecule is Cn1c(=O)sc2cc(Cc3cccs3)ccc21. The fraction of sp³-hybridized carbons (Fsp3) is 0.154. The van der Waals surface area contributed by atoms with Crippen LogP contribution in [0.4, 0.5) is 0 Å². The van der Waals surface area contributed by atoms with Crippen molar-refractivity contribution in [1.82, 2.24) is 4.57 Å². The van der Waals surface area contributed by atoms with E-state index in [2.05, 4.69) is 29.6 Å². The molecular weight excluding hydrogens is 250 g/mol. The first-order valence-corrected chi connectivity index (χ1v) is 7.04. The highest BCUT2D eigenvalue weighted by atomic mass is 32.1. The van der Waals surface area contributed by atoms with Crippen LogP contribution in [0.3, 0.4) is 0 Å². The highest BCUT2D eigenvalue weighted by Gasteiger charge is 2.05. The Morgan fingerprint density at radius 2 is 2.18 bits per heavy atom. The van der Waals surface area contributed by atoms with Crippen LogP contribution in [-0.2, 0) is 13.5 Å². The number of aryl methyl sites for hydroxylation is 1. The van der Waals surface area contributed by atoms with Crippen LogP contribution in [0.1, 0.15) is 10.4 Å². The molecule has 0 bridgehead atoms. The Kier molecular flexibility index (Phi) is 2.61. The lowest BCUT2D eigenvalue weighted by Crippen LogP contribution is -2.06. The van der Waals surface area contributed by atoms with Crippen LogP contribution < -0.4 is 4.87 Å². The first-order chi connectivity index (χ1) is 8.24. The molecule has 17 heavy (non-hydrogen) atoms. The predicted octanol–water partition coefficient (Wildman–Crippen LogP) is 3.25. The minimum atomic E-state index is 0.105. The molecule has 86 valence electrons. The van der Waals surface area contributed by atoms with Crippen LogP contribution in [0.15, 0.2) is 40.5 Å². The monoisotopic (exact) mass is 261 g/mol. The quantitative estimate of drug-likeness (QED) is 0.694. The van der Waals surface area contributed by atoms with Gasteiger partial charge in [0.2, 0.25) is 0 Å². The maximum Gasteiger partial charge on any atom is 0.307 e. The molecule has 0 radical (unpaired) electrons. The van der Waals surface area contributed by atoms with E-state index in [0.717, 1.165) is 16.6 Å². The number of benzene rings is 1. The van der Waals surface area contributed by atoms with Crippen LogP contribution in [0.2, 0.25) is 0 Å². The third kappa shape index (κ3) is 1.94. The van der Waals surface area contributed by atoms with Crippen LogP contribution >= 0.6 is 22.7 Å². The molecule has 0 N–H and O–H groups in total. The third-order valence-electron chi connectivity index (χ3n) is 2.82. The number of thiophene rings is 1. The summed E-state index contributed by atoms with van der Waals surface area (Å²) in [6, 6.07) is 10.5. The Hall–Kier alpha value is -1.39. The second-order valence-electron chi connectivity index (χ2n) is 3.99. The lowest BCUT2D eigenvalue weighted by atomic mass is 10.1. The lowest BCUT2D eigenvalue weighted by Gasteiger charge is -2.00. The van der Waals surface area contributed by atoms with Gasteiger partial charge in [-0.15, -0.1) is 11.3 Å². The number of rotatable bonds is 2. The second kappa shape index (κ2) is 4.13. The zero-order valence-electron chi connectivity index (χ0n) is 9.34. The van der Waals surface area contributed by atoms with E-state index in [1.165, 1.54) is 21.8 Å². The molecule has 0 aliphatic carbocycles. The molecule has 0 unspecified atom stereocenters. The Morgan fingerprint density at radius 1 is 1.29 bits per heavy atom. The van der Waals surface area contributed by atoms with Crippen LogP contribution in [0.5, 0.6) is 0 Å². The zero-order chi connectivity index (χ0) is 11.8. The minimum absolute atomic E-state index is 0.105. The molecular formula is C13H11NOS2. The van der Waals surface area contributed by atoms with Gasteiger partial charge in [-0.3, -0.25) is 4.79 Å². The van der Waals surface area contributed by atoms with E-state index in [1.807, 2.05) is 13.1 Å². The van der Waals surface area contributed by atoms with E-state index in [9.17, 15) is 4.79 Å². The van der Waals surface area contributed by atoms with E-state index in [-0.39, 0.29) is 4.87 Å². The van der Waals surface area contributed by atoms with Crippen molar-refractivity contribution in [1.29, 1.82) is 0 Å². The van der Waals surface area contributed by atoms with E-state index < -0.39 is 0 Å². The Balaban J connectivity index is 2.05. The number of nitrogens with zero attached hydrogens (tertiary/aromatic N) is 1. The third-order valence-corrected chi connectivity index (χ3v) is 4.69. The van der Waals surface area contributed by atoms with Crippen molar-refractivity contribution in [3.63, 3.8) is 0 Å². The summed E-state index contributed by atoms with van der Waals surface area (Å²) < 4.78 is 2.78. The van der Waals surface area contributed by atoms with E-state index >= 15 is 0 Å². The summed E-state index contributed by atoms with van der Waals surface area (Å²) in [5.74, 6) is 0. The van der Waals surface area contributed by atoms with Crippen LogP contribution in [0, 0.1) is 0 Å². The van der Waals surface area contributed by atoms with Crippen molar-refractivity contribution in [2.24, 2.45) is 7.05 Å². The van der Waals surface area contributed by atoms with Crippen molar-refractivity contribution in [3.8, 4) is 0 Å². The molecule has 2 heterocycles. The van der Waals surface area contributed by atoms with Gasteiger partial charge in [0, 0.05) is 18.3 Å². The van der Waals surface area contributed by atoms with Gasteiger partial charge in [-0.2, -0.15) is 0 Å². The van der Waals surface area contributed by atoms with Gasteiger partial charge in [0.05, 0.1) is 10.2 Å². The summed E-state index contributed by atoms with van der Waals surface area (Å²) in [5.41, 5.74) is 2.29. The normalized spacial score (nSPS) is 11.1. The van der Waals surface area contributed by atoms with Gasteiger partial charge in [0.25, 0.3) is 0 Å². The summed E-state index contributed by atoms with van der Waals surface area (Å²) in [6.07, 6.45) is 0.948. The fourth-order valence-corrected chi connectivity index (χ4v) is 3.58. The Morgan fingerprint density at radius 3 is 2.94 bits per heavy atom. The molecule has 0 fully saturated rings. The largest absolute Gasteiger partial charge is 0.307 e. The molecule has 0 aliphatic heterocycles. The second-order valence-corrected chi connectivity index (χ2v) is 6.01. The average molecular weight is 261 g/mol. The maximum atomic E-state index is 11.6. The summed E-state index contributed by atoms with van der Waals surface area (Å²) in [7, 11) is 1.82. The highest BCUT2D eigenvalue weighted by molar-refractivity contribution is 7.16. The molecule has 3 aromatic rings. The van der Waals surface area contributed by atoms with Crippen molar-refractivity contribution >= 4 is 32.9 Å². The van der Waals surface area contributed by atoms with Gasteiger partial charge in [0.1, 0.15) is 0 Å². The number of hydrogen-bond acceptors (Lipinski definition) is 3. The predicted molar refractivity (Wildman–Crippen MR) is 74.2 cm³/mol. The van der Waals surface area contributed by atoms with Gasteiger partial charge in [0.15, 0.2) is 0 Å². The zero-order valence-corrected chi connectivity index (χ0v) is 11.0. The molecule has 2 aromatic heterocycles. The number of thiazole rings is 1. The lowest BCUT2D eigenvalue weighted by molar-refractivity contribution is 0.938. The molecule has 2 nitrogen and oxygen atoms in total. The molecule has 1 aromatic carbocycles. The topological polar surface area (TPSA) is 22.0 Å². The van der Waals surface area contributed by atoms with Gasteiger partial charge < -0.3 is 4.57 Å². The Bertz CT molecular complexity index is 707. The number of hydrogen-bond donors (Lipinski definition) is 0. The van der Waals surface area contributed by atoms with Gasteiger partial charge in [-0.05, 0) is 29.1 Å². The van der Waals surface area contributed by atoms with Crippen molar-refractivity contribution in [3.05, 3.63) is 55.8 Å². The fourth-order valence-electron chi connectivity index (χ4n) is 1.90. The van der Waals surface area contributed by atoms with Gasteiger partial charge in [-0.1, -0.05) is 23.5 Å². The van der Waals surface area contributed by atoms with Crippen molar-refractivity contribution < 1.29 is 0 Å². The average Bonchev–Trinajstić information content (AvgIpc) is 2.89. The molecule has 0 spiro atoms. The first-order valence-electron chi connectivity index (χ1n) is 5.35. The molecule has 0 atom stereocenters. The van der Waals surface area contributed by atoms with E-state index in [0.29, 0.717) is 0 Å². The molecule has 0 saturated heterocycles. The maximum absolute atomic E-state index is 11.6. The standard InChI is InChI=1S/C13H11NOS2/c1-14-11-5-4-9(7-10-3-2-6-16-10)8-12(11)17-13(14)15/h2-6,8H,7H2,1H3. The van der Waals surface area contributed by atoms with Gasteiger partial charge >= 0.3 is 4.87 Å². The minimum Gasteiger partial charge on any atom is -0.302 e. The molecule has 0 saturated carbocycles. The van der Waals surface area contributed by atoms with E-state index in [4.69, 9.17) is 0 Å². The summed E-state index contributed by atoms with van der Waals surface area (Å²) in [5, 5.41) is 2.09. The summed E-state index contributed by atoms with van der Waals surface area (Å²) in [4.78, 5) is 13.0. The highest BCUT2D eigenvalue weighted by Crippen LogP contribution is 2.21. The number of aromatic nitrogens is 1.